The molecule has 0 radical (unpaired) electrons. The van der Waals surface area contributed by atoms with Crippen LogP contribution in [0.2, 0.25) is 0 Å². The lowest BCUT2D eigenvalue weighted by atomic mass is 10.6. The summed E-state index contributed by atoms with van der Waals surface area (Å²) in [6.07, 6.45) is 5.86. The average Bonchev–Trinajstić information content (AvgIpc) is 2.57. The Labute approximate surface area is 67.7 Å². The highest BCUT2D eigenvalue weighted by atomic mass is 19.1. The van der Waals surface area contributed by atoms with E-state index in [4.69, 9.17) is 0 Å². The summed E-state index contributed by atoms with van der Waals surface area (Å²) in [5.74, 6) is -0.510. The van der Waals surface area contributed by atoms with E-state index < -0.39 is 5.95 Å². The lowest BCUT2D eigenvalue weighted by Crippen LogP contribution is -2.02. The Bertz CT molecular complexity index is 371. The third-order valence-corrected chi connectivity index (χ3v) is 1.36. The molecule has 0 saturated heterocycles. The monoisotopic (exact) mass is 164 g/mol. The maximum Gasteiger partial charge on any atom is 0.258 e. The third-order valence-electron chi connectivity index (χ3n) is 1.36. The first-order valence-corrected chi connectivity index (χ1v) is 3.34. The zero-order valence-electron chi connectivity index (χ0n) is 6.05. The molecule has 0 unspecified atom stereocenters. The van der Waals surface area contributed by atoms with Crippen molar-refractivity contribution in [3.8, 4) is 5.82 Å². The van der Waals surface area contributed by atoms with E-state index in [1.54, 1.807) is 18.5 Å². The van der Waals surface area contributed by atoms with Crippen molar-refractivity contribution in [1.82, 2.24) is 19.7 Å². The molecule has 2 heterocycles. The molecule has 2 aromatic rings. The van der Waals surface area contributed by atoms with Gasteiger partial charge in [0.15, 0.2) is 0 Å². The van der Waals surface area contributed by atoms with E-state index in [2.05, 4.69) is 15.1 Å². The van der Waals surface area contributed by atoms with Crippen molar-refractivity contribution in [1.29, 1.82) is 0 Å². The fraction of sp³-hybridized carbons (Fsp3) is 0. The van der Waals surface area contributed by atoms with Crippen LogP contribution in [0, 0.1) is 5.95 Å². The molecule has 0 saturated carbocycles. The quantitative estimate of drug-likeness (QED) is 0.626. The van der Waals surface area contributed by atoms with Gasteiger partial charge in [0.1, 0.15) is 0 Å². The summed E-state index contributed by atoms with van der Waals surface area (Å²) >= 11 is 0. The molecule has 2 aromatic heterocycles. The van der Waals surface area contributed by atoms with Crippen molar-refractivity contribution >= 4 is 0 Å². The minimum atomic E-state index is -0.624. The molecular formula is C7H5FN4. The molecule has 0 aliphatic carbocycles. The molecule has 12 heavy (non-hydrogen) atoms. The number of nitrogens with zero attached hydrogens (tertiary/aromatic N) is 4. The molecule has 0 N–H and O–H groups in total. The van der Waals surface area contributed by atoms with Gasteiger partial charge in [-0.15, -0.1) is 0 Å². The zero-order valence-corrected chi connectivity index (χ0v) is 6.05. The molecular weight excluding hydrogens is 159 g/mol. The van der Waals surface area contributed by atoms with Gasteiger partial charge in [0.05, 0.1) is 0 Å². The predicted molar refractivity (Wildman–Crippen MR) is 39.1 cm³/mol. The molecule has 0 amide bonds. The maximum atomic E-state index is 12.9. The molecule has 0 aliphatic heterocycles. The first-order chi connectivity index (χ1) is 5.88. The van der Waals surface area contributed by atoms with Gasteiger partial charge in [0, 0.05) is 24.8 Å². The Kier molecular flexibility index (Phi) is 1.55. The predicted octanol–water partition coefficient (Wildman–Crippen LogP) is 0.801. The van der Waals surface area contributed by atoms with Gasteiger partial charge < -0.3 is 0 Å². The molecule has 0 bridgehead atoms. The number of hydrogen-bond donors (Lipinski definition) is 0. The molecule has 0 atom stereocenters. The van der Waals surface area contributed by atoms with E-state index in [1.807, 2.05) is 0 Å². The number of halogens is 1. The van der Waals surface area contributed by atoms with Crippen LogP contribution in [-0.2, 0) is 0 Å². The first-order valence-electron chi connectivity index (χ1n) is 3.34. The molecule has 0 spiro atoms. The summed E-state index contributed by atoms with van der Waals surface area (Å²) in [4.78, 5) is 7.23. The van der Waals surface area contributed by atoms with Gasteiger partial charge in [-0.2, -0.15) is 9.49 Å². The Morgan fingerprint density at radius 3 is 2.67 bits per heavy atom. The van der Waals surface area contributed by atoms with Crippen LogP contribution < -0.4 is 0 Å². The van der Waals surface area contributed by atoms with Crippen LogP contribution in [0.15, 0.2) is 30.9 Å². The smallest absolute Gasteiger partial charge is 0.231 e. The molecule has 0 aliphatic rings. The van der Waals surface area contributed by atoms with E-state index in [0.29, 0.717) is 0 Å². The molecule has 0 fully saturated rings. The molecule has 4 nitrogen and oxygen atoms in total. The highest BCUT2D eigenvalue weighted by Gasteiger charge is 2.04. The SMILES string of the molecule is Fc1nccnc1-n1cccn1. The third kappa shape index (κ3) is 1.05. The van der Waals surface area contributed by atoms with Crippen LogP contribution in [0.25, 0.3) is 5.82 Å². The topological polar surface area (TPSA) is 43.6 Å². The largest absolute Gasteiger partial charge is 0.258 e. The van der Waals surface area contributed by atoms with Crippen LogP contribution in [-0.4, -0.2) is 19.7 Å². The summed E-state index contributed by atoms with van der Waals surface area (Å²) in [5.41, 5.74) is 0. The van der Waals surface area contributed by atoms with Crippen LogP contribution in [0.4, 0.5) is 4.39 Å². The molecule has 2 rings (SSSR count). The van der Waals surface area contributed by atoms with E-state index >= 15 is 0 Å². The lowest BCUT2D eigenvalue weighted by Gasteiger charge is -1.98. The first kappa shape index (κ1) is 6.90. The average molecular weight is 164 g/mol. The summed E-state index contributed by atoms with van der Waals surface area (Å²) in [7, 11) is 0. The van der Waals surface area contributed by atoms with E-state index in [0.717, 1.165) is 0 Å². The fourth-order valence-corrected chi connectivity index (χ4v) is 0.861. The minimum Gasteiger partial charge on any atom is -0.231 e. The van der Waals surface area contributed by atoms with Gasteiger partial charge in [0.2, 0.25) is 5.82 Å². The normalized spacial score (nSPS) is 10.1. The van der Waals surface area contributed by atoms with Crippen molar-refractivity contribution in [3.05, 3.63) is 36.8 Å². The zero-order chi connectivity index (χ0) is 8.39. The second-order valence-corrected chi connectivity index (χ2v) is 2.12. The Morgan fingerprint density at radius 2 is 2.00 bits per heavy atom. The van der Waals surface area contributed by atoms with Crippen LogP contribution in [0.1, 0.15) is 0 Å². The van der Waals surface area contributed by atoms with Crippen LogP contribution in [0.3, 0.4) is 0 Å². The summed E-state index contributed by atoms with van der Waals surface area (Å²) < 4.78 is 14.2. The lowest BCUT2D eigenvalue weighted by molar-refractivity contribution is 0.558. The van der Waals surface area contributed by atoms with Gasteiger partial charge in [-0.05, 0) is 6.07 Å². The Morgan fingerprint density at radius 1 is 1.17 bits per heavy atom. The molecule has 60 valence electrons. The van der Waals surface area contributed by atoms with Crippen molar-refractivity contribution in [2.75, 3.05) is 0 Å². The number of hydrogen-bond acceptors (Lipinski definition) is 3. The van der Waals surface area contributed by atoms with Crippen molar-refractivity contribution < 1.29 is 4.39 Å². The summed E-state index contributed by atoms with van der Waals surface area (Å²) in [6, 6.07) is 1.69. The van der Waals surface area contributed by atoms with Gasteiger partial charge in [-0.3, -0.25) is 0 Å². The van der Waals surface area contributed by atoms with E-state index in [9.17, 15) is 4.39 Å². The minimum absolute atomic E-state index is 0.113. The van der Waals surface area contributed by atoms with Crippen molar-refractivity contribution in [3.63, 3.8) is 0 Å². The van der Waals surface area contributed by atoms with Crippen molar-refractivity contribution in [2.24, 2.45) is 0 Å². The Balaban J connectivity index is 2.55. The van der Waals surface area contributed by atoms with Crippen LogP contribution in [0.5, 0.6) is 0 Å². The van der Waals surface area contributed by atoms with Gasteiger partial charge in [-0.25, -0.2) is 14.6 Å². The second kappa shape index (κ2) is 2.69. The highest BCUT2D eigenvalue weighted by molar-refractivity contribution is 5.16. The van der Waals surface area contributed by atoms with Crippen LogP contribution >= 0.6 is 0 Å². The van der Waals surface area contributed by atoms with Gasteiger partial charge in [-0.1, -0.05) is 0 Å². The second-order valence-electron chi connectivity index (χ2n) is 2.12. The van der Waals surface area contributed by atoms with E-state index in [-0.39, 0.29) is 5.82 Å². The van der Waals surface area contributed by atoms with E-state index in [1.165, 1.54) is 17.1 Å². The maximum absolute atomic E-state index is 12.9. The summed E-state index contributed by atoms with van der Waals surface area (Å²) in [6.45, 7) is 0. The number of rotatable bonds is 1. The molecule has 5 heteroatoms. The highest BCUT2D eigenvalue weighted by Crippen LogP contribution is 2.03. The van der Waals surface area contributed by atoms with Gasteiger partial charge in [0.25, 0.3) is 5.95 Å². The molecule has 0 aromatic carbocycles. The number of aromatic nitrogens is 4. The fourth-order valence-electron chi connectivity index (χ4n) is 0.861. The standard InChI is InChI=1S/C7H5FN4/c8-6-7(10-4-3-9-6)12-5-1-2-11-12/h1-5H. The Hall–Kier alpha value is -1.78. The van der Waals surface area contributed by atoms with Gasteiger partial charge >= 0.3 is 0 Å². The van der Waals surface area contributed by atoms with Crippen molar-refractivity contribution in [2.45, 2.75) is 0 Å². The summed E-state index contributed by atoms with van der Waals surface area (Å²) in [5, 5.41) is 3.82.